The highest BCUT2D eigenvalue weighted by Gasteiger charge is 2.18. The topological polar surface area (TPSA) is 52.1 Å². The molecule has 0 saturated carbocycles. The van der Waals surface area contributed by atoms with Crippen molar-refractivity contribution in [3.63, 3.8) is 0 Å². The highest BCUT2D eigenvalue weighted by atomic mass is 32.1. The van der Waals surface area contributed by atoms with Gasteiger partial charge in [0.2, 0.25) is 7.37 Å². The lowest BCUT2D eigenvalue weighted by molar-refractivity contribution is 0.336. The summed E-state index contributed by atoms with van der Waals surface area (Å²) in [4.78, 5) is 0.958. The van der Waals surface area contributed by atoms with Crippen LogP contribution < -0.4 is 0 Å². The molecule has 0 aromatic carbocycles. The van der Waals surface area contributed by atoms with Crippen molar-refractivity contribution >= 4 is 18.9 Å². The molecule has 0 aliphatic rings. The first kappa shape index (κ1) is 10.8. The highest BCUT2D eigenvalue weighted by molar-refractivity contribution is 7.57. The van der Waals surface area contributed by atoms with Crippen molar-refractivity contribution in [3.05, 3.63) is 10.6 Å². The first-order valence-corrected chi connectivity index (χ1v) is 7.07. The van der Waals surface area contributed by atoms with E-state index in [4.69, 9.17) is 4.52 Å². The summed E-state index contributed by atoms with van der Waals surface area (Å²) in [5.74, 6) is 0. The van der Waals surface area contributed by atoms with E-state index < -0.39 is 7.37 Å². The van der Waals surface area contributed by atoms with Crippen LogP contribution in [0.4, 0.5) is 0 Å². The first-order valence-electron chi connectivity index (χ1n) is 4.04. The molecular formula is C7H13N2O2PS. The van der Waals surface area contributed by atoms with Gasteiger partial charge in [0, 0.05) is 6.66 Å². The first-order chi connectivity index (χ1) is 6.05. The van der Waals surface area contributed by atoms with E-state index in [1.165, 1.54) is 11.5 Å². The van der Waals surface area contributed by atoms with Crippen molar-refractivity contribution in [2.24, 2.45) is 0 Å². The van der Waals surface area contributed by atoms with E-state index in [0.29, 0.717) is 12.8 Å². The van der Waals surface area contributed by atoms with Gasteiger partial charge in [0.1, 0.15) is 0 Å². The van der Waals surface area contributed by atoms with E-state index in [9.17, 15) is 4.57 Å². The van der Waals surface area contributed by atoms with Gasteiger partial charge in [-0.15, -0.1) is 5.10 Å². The normalized spacial score (nSPS) is 15.6. The Morgan fingerprint density at radius 3 is 2.77 bits per heavy atom. The molecular weight excluding hydrogens is 207 g/mol. The maximum atomic E-state index is 11.8. The Morgan fingerprint density at radius 2 is 2.31 bits per heavy atom. The monoisotopic (exact) mass is 220 g/mol. The molecule has 1 heterocycles. The van der Waals surface area contributed by atoms with Crippen molar-refractivity contribution in [3.8, 4) is 0 Å². The van der Waals surface area contributed by atoms with Crippen LogP contribution in [0.3, 0.4) is 0 Å². The molecule has 0 spiro atoms. The zero-order valence-electron chi connectivity index (χ0n) is 7.98. The van der Waals surface area contributed by atoms with Gasteiger partial charge < -0.3 is 4.52 Å². The summed E-state index contributed by atoms with van der Waals surface area (Å²) < 4.78 is 20.7. The Morgan fingerprint density at radius 1 is 1.62 bits per heavy atom. The third kappa shape index (κ3) is 3.18. The second-order valence-corrected chi connectivity index (χ2v) is 6.31. The summed E-state index contributed by atoms with van der Waals surface area (Å²) in [7, 11) is -2.48. The summed E-state index contributed by atoms with van der Waals surface area (Å²) in [6.45, 7) is 5.84. The molecule has 0 bridgehead atoms. The molecule has 13 heavy (non-hydrogen) atoms. The molecule has 1 aromatic heterocycles. The van der Waals surface area contributed by atoms with Crippen LogP contribution in [0.5, 0.6) is 0 Å². The van der Waals surface area contributed by atoms with Gasteiger partial charge in [-0.05, 0) is 25.4 Å². The number of aryl methyl sites for hydroxylation is 1. The largest absolute Gasteiger partial charge is 0.329 e. The van der Waals surface area contributed by atoms with Gasteiger partial charge in [-0.3, -0.25) is 4.57 Å². The lowest BCUT2D eigenvalue weighted by atomic mass is 10.4. The number of hydrogen-bond donors (Lipinski definition) is 0. The van der Waals surface area contributed by atoms with Gasteiger partial charge in [0.15, 0.2) is 0 Å². The predicted octanol–water partition coefficient (Wildman–Crippen LogP) is 2.29. The average Bonchev–Trinajstić information content (AvgIpc) is 2.35. The Labute approximate surface area is 81.9 Å². The SMILES string of the molecule is CCOP(C)(=O)Cc1snnc1C. The van der Waals surface area contributed by atoms with Crippen molar-refractivity contribution in [1.82, 2.24) is 9.59 Å². The van der Waals surface area contributed by atoms with Crippen molar-refractivity contribution in [2.75, 3.05) is 13.3 Å². The highest BCUT2D eigenvalue weighted by Crippen LogP contribution is 2.46. The minimum absolute atomic E-state index is 0.449. The summed E-state index contributed by atoms with van der Waals surface area (Å²) in [6, 6.07) is 0. The fourth-order valence-corrected chi connectivity index (χ4v) is 3.73. The molecule has 0 fully saturated rings. The number of rotatable bonds is 4. The molecule has 0 saturated heterocycles. The molecule has 1 atom stereocenters. The zero-order valence-corrected chi connectivity index (χ0v) is 9.69. The second kappa shape index (κ2) is 4.31. The molecule has 6 heteroatoms. The summed E-state index contributed by atoms with van der Waals surface area (Å²) in [6.07, 6.45) is 0.449. The lowest BCUT2D eigenvalue weighted by Crippen LogP contribution is -1.92. The molecule has 1 unspecified atom stereocenters. The second-order valence-electron chi connectivity index (χ2n) is 2.87. The standard InChI is InChI=1S/C7H13N2O2PS/c1-4-11-12(3,10)5-7-6(2)8-9-13-7/h4-5H2,1-3H3. The molecule has 74 valence electrons. The van der Waals surface area contributed by atoms with Gasteiger partial charge in [0.25, 0.3) is 0 Å². The summed E-state index contributed by atoms with van der Waals surface area (Å²) >= 11 is 1.29. The molecule has 1 aromatic rings. The van der Waals surface area contributed by atoms with Gasteiger partial charge in [-0.1, -0.05) is 4.49 Å². The van der Waals surface area contributed by atoms with Crippen LogP contribution >= 0.6 is 18.9 Å². The summed E-state index contributed by atoms with van der Waals surface area (Å²) in [5.41, 5.74) is 0.853. The van der Waals surface area contributed by atoms with E-state index in [0.717, 1.165) is 10.6 Å². The molecule has 0 N–H and O–H groups in total. The zero-order chi connectivity index (χ0) is 9.90. The van der Waals surface area contributed by atoms with Gasteiger partial charge >= 0.3 is 0 Å². The van der Waals surface area contributed by atoms with Crippen molar-refractivity contribution in [1.29, 1.82) is 0 Å². The van der Waals surface area contributed by atoms with Crippen LogP contribution in [-0.4, -0.2) is 22.9 Å². The lowest BCUT2D eigenvalue weighted by Gasteiger charge is -2.10. The van der Waals surface area contributed by atoms with Crippen LogP contribution in [0.25, 0.3) is 0 Å². The molecule has 0 amide bonds. The summed E-state index contributed by atoms with van der Waals surface area (Å²) in [5, 5.41) is 3.85. The predicted molar refractivity (Wildman–Crippen MR) is 53.5 cm³/mol. The average molecular weight is 220 g/mol. The Balaban J connectivity index is 2.69. The van der Waals surface area contributed by atoms with Gasteiger partial charge in [0.05, 0.1) is 23.3 Å². The third-order valence-electron chi connectivity index (χ3n) is 1.58. The fraction of sp³-hybridized carbons (Fsp3) is 0.714. The Kier molecular flexibility index (Phi) is 3.59. The quantitative estimate of drug-likeness (QED) is 0.730. The Hall–Kier alpha value is -0.250. The minimum atomic E-state index is -2.48. The van der Waals surface area contributed by atoms with Crippen LogP contribution in [-0.2, 0) is 15.3 Å². The van der Waals surface area contributed by atoms with E-state index in [-0.39, 0.29) is 0 Å². The van der Waals surface area contributed by atoms with Crippen LogP contribution in [0, 0.1) is 6.92 Å². The fourth-order valence-electron chi connectivity index (χ4n) is 0.976. The smallest absolute Gasteiger partial charge is 0.205 e. The molecule has 0 radical (unpaired) electrons. The van der Waals surface area contributed by atoms with Crippen LogP contribution in [0.2, 0.25) is 0 Å². The van der Waals surface area contributed by atoms with Gasteiger partial charge in [-0.25, -0.2) is 0 Å². The number of nitrogens with zero attached hydrogens (tertiary/aromatic N) is 2. The van der Waals surface area contributed by atoms with E-state index in [1.807, 2.05) is 13.8 Å². The van der Waals surface area contributed by atoms with Gasteiger partial charge in [-0.2, -0.15) is 0 Å². The van der Waals surface area contributed by atoms with Crippen LogP contribution in [0.15, 0.2) is 0 Å². The maximum Gasteiger partial charge on any atom is 0.205 e. The molecule has 1 rings (SSSR count). The molecule has 0 aliphatic heterocycles. The van der Waals surface area contributed by atoms with Crippen molar-refractivity contribution < 1.29 is 9.09 Å². The van der Waals surface area contributed by atoms with E-state index in [1.54, 1.807) is 6.66 Å². The molecule has 4 nitrogen and oxygen atoms in total. The molecule has 0 aliphatic carbocycles. The number of hydrogen-bond acceptors (Lipinski definition) is 5. The third-order valence-corrected chi connectivity index (χ3v) is 4.31. The number of aromatic nitrogens is 2. The van der Waals surface area contributed by atoms with E-state index >= 15 is 0 Å². The Bertz CT molecular complexity index is 326. The minimum Gasteiger partial charge on any atom is -0.329 e. The van der Waals surface area contributed by atoms with Crippen molar-refractivity contribution in [2.45, 2.75) is 20.0 Å². The maximum absolute atomic E-state index is 11.8. The van der Waals surface area contributed by atoms with Crippen LogP contribution in [0.1, 0.15) is 17.5 Å². The van der Waals surface area contributed by atoms with E-state index in [2.05, 4.69) is 9.59 Å².